The van der Waals surface area contributed by atoms with Crippen LogP contribution in [0, 0.1) is 0 Å². The summed E-state index contributed by atoms with van der Waals surface area (Å²) in [5.74, 6) is -0.110. The van der Waals surface area contributed by atoms with Crippen molar-refractivity contribution >= 4 is 11.6 Å². The molecule has 206 valence electrons. The number of hydrogen-bond acceptors (Lipinski definition) is 5. The van der Waals surface area contributed by atoms with Crippen LogP contribution in [-0.4, -0.2) is 28.6 Å². The summed E-state index contributed by atoms with van der Waals surface area (Å²) in [5.41, 5.74) is 6.07. The van der Waals surface area contributed by atoms with Crippen LogP contribution in [0.15, 0.2) is 109 Å². The molecule has 40 heavy (non-hydrogen) atoms. The van der Waals surface area contributed by atoms with Crippen LogP contribution in [0.2, 0.25) is 0 Å². The van der Waals surface area contributed by atoms with Gasteiger partial charge in [-0.15, -0.1) is 0 Å². The Kier molecular flexibility index (Phi) is 9.37. The molecule has 0 radical (unpaired) electrons. The minimum atomic E-state index is -0.553. The maximum absolute atomic E-state index is 11.5. The van der Waals surface area contributed by atoms with Crippen molar-refractivity contribution in [3.05, 3.63) is 137 Å². The Bertz CT molecular complexity index is 1300. The third-order valence-electron chi connectivity index (χ3n) is 7.08. The molecule has 3 atom stereocenters. The zero-order valence-corrected chi connectivity index (χ0v) is 22.8. The van der Waals surface area contributed by atoms with Gasteiger partial charge in [0.05, 0.1) is 18.8 Å². The molecule has 1 aliphatic rings. The van der Waals surface area contributed by atoms with E-state index in [1.807, 2.05) is 60.7 Å². The van der Waals surface area contributed by atoms with Gasteiger partial charge in [0.2, 0.25) is 5.91 Å². The lowest BCUT2D eigenvalue weighted by atomic mass is 9.99. The molecule has 6 heteroatoms. The predicted molar refractivity (Wildman–Crippen MR) is 156 cm³/mol. The normalized spacial score (nSPS) is 18.9. The largest absolute Gasteiger partial charge is 0.392 e. The van der Waals surface area contributed by atoms with Crippen molar-refractivity contribution in [3.63, 3.8) is 0 Å². The summed E-state index contributed by atoms with van der Waals surface area (Å²) < 4.78 is 13.1. The number of rotatable bonds is 10. The van der Waals surface area contributed by atoms with Gasteiger partial charge in [-0.2, -0.15) is 0 Å². The smallest absolute Gasteiger partial charge is 0.221 e. The molecule has 2 N–H and O–H groups in total. The van der Waals surface area contributed by atoms with Gasteiger partial charge in [-0.3, -0.25) is 9.69 Å². The van der Waals surface area contributed by atoms with Gasteiger partial charge in [0, 0.05) is 44.2 Å². The second-order valence-electron chi connectivity index (χ2n) is 10.3. The first-order valence-electron chi connectivity index (χ1n) is 13.7. The molecule has 0 aliphatic carbocycles. The van der Waals surface area contributed by atoms with Crippen molar-refractivity contribution in [2.75, 3.05) is 11.9 Å². The number of benzene rings is 4. The van der Waals surface area contributed by atoms with Crippen LogP contribution in [0.4, 0.5) is 5.69 Å². The number of nitrogens with zero attached hydrogens (tertiary/aromatic N) is 1. The Morgan fingerprint density at radius 3 is 1.90 bits per heavy atom. The molecule has 0 unspecified atom stereocenters. The van der Waals surface area contributed by atoms with Gasteiger partial charge in [-0.05, 0) is 34.4 Å². The topological polar surface area (TPSA) is 71.0 Å². The Balaban J connectivity index is 1.39. The average Bonchev–Trinajstić information content (AvgIpc) is 2.98. The first-order valence-corrected chi connectivity index (χ1v) is 13.7. The van der Waals surface area contributed by atoms with Crippen LogP contribution in [0.3, 0.4) is 0 Å². The van der Waals surface area contributed by atoms with E-state index in [4.69, 9.17) is 9.47 Å². The number of ether oxygens (including phenoxy) is 2. The fraction of sp³-hybridized carbons (Fsp3) is 0.265. The highest BCUT2D eigenvalue weighted by Crippen LogP contribution is 2.38. The lowest BCUT2D eigenvalue weighted by molar-refractivity contribution is -0.253. The Morgan fingerprint density at radius 2 is 1.35 bits per heavy atom. The van der Waals surface area contributed by atoms with E-state index < -0.39 is 6.29 Å². The maximum atomic E-state index is 11.5. The van der Waals surface area contributed by atoms with E-state index in [1.54, 1.807) is 0 Å². The summed E-state index contributed by atoms with van der Waals surface area (Å²) in [7, 11) is 0. The van der Waals surface area contributed by atoms with Gasteiger partial charge >= 0.3 is 0 Å². The Morgan fingerprint density at radius 1 is 0.775 bits per heavy atom. The second kappa shape index (κ2) is 13.5. The molecule has 0 saturated carbocycles. The van der Waals surface area contributed by atoms with Gasteiger partial charge in [-0.25, -0.2) is 0 Å². The molecule has 1 aliphatic heterocycles. The van der Waals surface area contributed by atoms with Crippen molar-refractivity contribution in [2.45, 2.75) is 51.5 Å². The Labute approximate surface area is 236 Å². The third kappa shape index (κ3) is 7.64. The lowest BCUT2D eigenvalue weighted by Gasteiger charge is -2.38. The number of carbonyl (C=O) groups excluding carboxylic acids is 1. The first-order chi connectivity index (χ1) is 19.6. The molecule has 1 fully saturated rings. The van der Waals surface area contributed by atoms with E-state index in [-0.39, 0.29) is 24.7 Å². The molecule has 1 heterocycles. The van der Waals surface area contributed by atoms with Gasteiger partial charge in [-0.1, -0.05) is 97.1 Å². The highest BCUT2D eigenvalue weighted by Gasteiger charge is 2.33. The standard InChI is InChI=1S/C34H36N2O4/c1-25(38)35-31-18-16-30(17-19-31)34-39-32(20-33(40-34)29-14-12-28(24-37)13-15-29)23-36(21-26-8-4-2-5-9-26)22-27-10-6-3-7-11-27/h2-19,32-34,37H,20-24H2,1H3,(H,35,38)/t32-,33+,34+/m0/s1. The first kappa shape index (κ1) is 27.7. The van der Waals surface area contributed by atoms with Crippen LogP contribution >= 0.6 is 0 Å². The molecule has 6 nitrogen and oxygen atoms in total. The van der Waals surface area contributed by atoms with E-state index in [2.05, 4.69) is 58.7 Å². The van der Waals surface area contributed by atoms with Gasteiger partial charge < -0.3 is 19.9 Å². The number of anilines is 1. The molecule has 5 rings (SSSR count). The van der Waals surface area contributed by atoms with E-state index in [9.17, 15) is 9.90 Å². The highest BCUT2D eigenvalue weighted by molar-refractivity contribution is 5.88. The molecular weight excluding hydrogens is 500 g/mol. The van der Waals surface area contributed by atoms with Gasteiger partial charge in [0.15, 0.2) is 6.29 Å². The molecule has 0 spiro atoms. The average molecular weight is 537 g/mol. The van der Waals surface area contributed by atoms with E-state index in [0.717, 1.165) is 42.0 Å². The number of aliphatic hydroxyl groups excluding tert-OH is 1. The van der Waals surface area contributed by atoms with Crippen LogP contribution in [-0.2, 0) is 34.0 Å². The molecule has 4 aromatic rings. The minimum absolute atomic E-state index is 0.00867. The lowest BCUT2D eigenvalue weighted by Crippen LogP contribution is -2.39. The van der Waals surface area contributed by atoms with E-state index >= 15 is 0 Å². The monoisotopic (exact) mass is 536 g/mol. The number of carbonyl (C=O) groups is 1. The fourth-order valence-electron chi connectivity index (χ4n) is 5.12. The summed E-state index contributed by atoms with van der Waals surface area (Å²) in [6, 6.07) is 36.6. The zero-order valence-electron chi connectivity index (χ0n) is 22.8. The van der Waals surface area contributed by atoms with E-state index in [0.29, 0.717) is 6.42 Å². The summed E-state index contributed by atoms with van der Waals surface area (Å²) in [6.45, 7) is 3.85. The number of hydrogen-bond donors (Lipinski definition) is 2. The van der Waals surface area contributed by atoms with Crippen LogP contribution in [0.5, 0.6) is 0 Å². The quantitative estimate of drug-likeness (QED) is 0.246. The SMILES string of the molecule is CC(=O)Nc1ccc([C@@H]2O[C@H](CN(Cc3ccccc3)Cc3ccccc3)C[C@H](c3ccc(CO)cc3)O2)cc1. The fourth-order valence-corrected chi connectivity index (χ4v) is 5.12. The molecule has 4 aromatic carbocycles. The van der Waals surface area contributed by atoms with Crippen molar-refractivity contribution in [2.24, 2.45) is 0 Å². The number of aliphatic hydroxyl groups is 1. The van der Waals surface area contributed by atoms with Crippen molar-refractivity contribution in [1.82, 2.24) is 4.90 Å². The van der Waals surface area contributed by atoms with Crippen molar-refractivity contribution in [3.8, 4) is 0 Å². The summed E-state index contributed by atoms with van der Waals surface area (Å²) in [6.07, 6.45) is -0.0903. The van der Waals surface area contributed by atoms with Crippen LogP contribution in [0.1, 0.15) is 53.6 Å². The van der Waals surface area contributed by atoms with Crippen LogP contribution in [0.25, 0.3) is 0 Å². The zero-order chi connectivity index (χ0) is 27.7. The number of amides is 1. The van der Waals surface area contributed by atoms with Crippen molar-refractivity contribution in [1.29, 1.82) is 0 Å². The maximum Gasteiger partial charge on any atom is 0.221 e. The summed E-state index contributed by atoms with van der Waals surface area (Å²) in [4.78, 5) is 13.9. The molecule has 1 amide bonds. The predicted octanol–water partition coefficient (Wildman–Crippen LogP) is 6.39. The molecule has 0 aromatic heterocycles. The Hall–Kier alpha value is -3.81. The highest BCUT2D eigenvalue weighted by atomic mass is 16.7. The van der Waals surface area contributed by atoms with Gasteiger partial charge in [0.1, 0.15) is 0 Å². The van der Waals surface area contributed by atoms with E-state index in [1.165, 1.54) is 18.1 Å². The molecule has 1 saturated heterocycles. The number of nitrogens with one attached hydrogen (secondary N) is 1. The molecule has 0 bridgehead atoms. The molecular formula is C34H36N2O4. The second-order valence-corrected chi connectivity index (χ2v) is 10.3. The van der Waals surface area contributed by atoms with Gasteiger partial charge in [0.25, 0.3) is 0 Å². The summed E-state index contributed by atoms with van der Waals surface area (Å²) in [5, 5.41) is 12.3. The van der Waals surface area contributed by atoms with Crippen LogP contribution < -0.4 is 5.32 Å². The summed E-state index contributed by atoms with van der Waals surface area (Å²) >= 11 is 0. The third-order valence-corrected chi connectivity index (χ3v) is 7.08. The minimum Gasteiger partial charge on any atom is -0.392 e. The van der Waals surface area contributed by atoms with Crippen molar-refractivity contribution < 1.29 is 19.4 Å².